The third kappa shape index (κ3) is 3.29. The van der Waals surface area contributed by atoms with Crippen LogP contribution < -0.4 is 5.32 Å². The van der Waals surface area contributed by atoms with Crippen molar-refractivity contribution < 1.29 is 5.11 Å². The van der Waals surface area contributed by atoms with Gasteiger partial charge in [0.25, 0.3) is 0 Å². The number of nitrogens with one attached hydrogen (secondary N) is 1. The maximum atomic E-state index is 8.64. The predicted octanol–water partition coefficient (Wildman–Crippen LogP) is 2.37. The summed E-state index contributed by atoms with van der Waals surface area (Å²) in [6, 6.07) is 8.04. The van der Waals surface area contributed by atoms with E-state index in [4.69, 9.17) is 16.7 Å². The van der Waals surface area contributed by atoms with Crippen LogP contribution in [0, 0.1) is 0 Å². The van der Waals surface area contributed by atoms with Crippen LogP contribution in [0.1, 0.15) is 24.9 Å². The van der Waals surface area contributed by atoms with Gasteiger partial charge in [0.1, 0.15) is 0 Å². The van der Waals surface area contributed by atoms with Gasteiger partial charge in [-0.25, -0.2) is 0 Å². The highest BCUT2D eigenvalue weighted by atomic mass is 35.5. The highest BCUT2D eigenvalue weighted by Crippen LogP contribution is 2.21. The summed E-state index contributed by atoms with van der Waals surface area (Å²) in [5.74, 6) is 0. The van der Waals surface area contributed by atoms with Gasteiger partial charge in [0, 0.05) is 17.7 Å². The Morgan fingerprint density at radius 2 is 2.14 bits per heavy atom. The largest absolute Gasteiger partial charge is 0.396 e. The molecular formula is C11H16ClNO. The molecule has 0 heterocycles. The van der Waals surface area contributed by atoms with Crippen molar-refractivity contribution in [2.45, 2.75) is 19.4 Å². The van der Waals surface area contributed by atoms with E-state index in [2.05, 4.69) is 12.2 Å². The summed E-state index contributed by atoms with van der Waals surface area (Å²) in [5.41, 5.74) is 1.10. The molecule has 0 aromatic heterocycles. The minimum Gasteiger partial charge on any atom is -0.396 e. The van der Waals surface area contributed by atoms with Gasteiger partial charge in [-0.05, 0) is 31.5 Å². The smallest absolute Gasteiger partial charge is 0.0453 e. The number of benzene rings is 1. The van der Waals surface area contributed by atoms with Crippen LogP contribution in [0.3, 0.4) is 0 Å². The molecule has 14 heavy (non-hydrogen) atoms. The zero-order valence-electron chi connectivity index (χ0n) is 8.33. The molecule has 0 saturated carbocycles. The number of hydrogen-bond acceptors (Lipinski definition) is 2. The summed E-state index contributed by atoms with van der Waals surface area (Å²) in [7, 11) is 0. The van der Waals surface area contributed by atoms with E-state index in [0.717, 1.165) is 23.6 Å². The second-order valence-electron chi connectivity index (χ2n) is 3.27. The van der Waals surface area contributed by atoms with E-state index in [1.807, 2.05) is 24.3 Å². The number of hydrogen-bond donors (Lipinski definition) is 2. The molecule has 1 aromatic rings. The molecule has 2 N–H and O–H groups in total. The lowest BCUT2D eigenvalue weighted by atomic mass is 10.1. The molecule has 1 atom stereocenters. The van der Waals surface area contributed by atoms with Crippen molar-refractivity contribution in [3.05, 3.63) is 34.9 Å². The van der Waals surface area contributed by atoms with E-state index in [1.54, 1.807) is 0 Å². The van der Waals surface area contributed by atoms with E-state index in [-0.39, 0.29) is 12.6 Å². The third-order valence-corrected chi connectivity index (χ3v) is 2.50. The number of aliphatic hydroxyl groups is 1. The van der Waals surface area contributed by atoms with E-state index in [0.29, 0.717) is 0 Å². The van der Waals surface area contributed by atoms with Crippen LogP contribution >= 0.6 is 11.6 Å². The number of aliphatic hydroxyl groups excluding tert-OH is 1. The SMILES string of the molecule is CC(NCCCO)c1ccccc1Cl. The Morgan fingerprint density at radius 1 is 1.43 bits per heavy atom. The Bertz CT molecular complexity index is 278. The van der Waals surface area contributed by atoms with Gasteiger partial charge in [-0.15, -0.1) is 0 Å². The van der Waals surface area contributed by atoms with E-state index >= 15 is 0 Å². The van der Waals surface area contributed by atoms with Gasteiger partial charge >= 0.3 is 0 Å². The molecule has 1 unspecified atom stereocenters. The highest BCUT2D eigenvalue weighted by molar-refractivity contribution is 6.31. The Labute approximate surface area is 89.9 Å². The van der Waals surface area contributed by atoms with E-state index in [9.17, 15) is 0 Å². The molecular weight excluding hydrogens is 198 g/mol. The molecule has 0 spiro atoms. The summed E-state index contributed by atoms with van der Waals surface area (Å²) in [6.07, 6.45) is 0.773. The molecule has 0 fully saturated rings. The molecule has 0 amide bonds. The molecule has 0 aliphatic heterocycles. The fourth-order valence-corrected chi connectivity index (χ4v) is 1.63. The zero-order chi connectivity index (χ0) is 10.4. The van der Waals surface area contributed by atoms with Crippen molar-refractivity contribution in [1.29, 1.82) is 0 Å². The van der Waals surface area contributed by atoms with Gasteiger partial charge in [0.2, 0.25) is 0 Å². The second kappa shape index (κ2) is 6.02. The molecule has 0 saturated heterocycles. The molecule has 0 aliphatic carbocycles. The normalized spacial score (nSPS) is 12.8. The van der Waals surface area contributed by atoms with Gasteiger partial charge < -0.3 is 10.4 Å². The van der Waals surface area contributed by atoms with E-state index in [1.165, 1.54) is 0 Å². The minimum absolute atomic E-state index is 0.224. The molecule has 78 valence electrons. The first kappa shape index (κ1) is 11.5. The first-order chi connectivity index (χ1) is 6.75. The lowest BCUT2D eigenvalue weighted by molar-refractivity contribution is 0.284. The summed E-state index contributed by atoms with van der Waals surface area (Å²) in [4.78, 5) is 0. The Hall–Kier alpha value is -0.570. The predicted molar refractivity (Wildman–Crippen MR) is 59.6 cm³/mol. The summed E-state index contributed by atoms with van der Waals surface area (Å²) in [6.45, 7) is 3.10. The van der Waals surface area contributed by atoms with Crippen LogP contribution in [0.4, 0.5) is 0 Å². The van der Waals surface area contributed by atoms with Crippen molar-refractivity contribution in [3.8, 4) is 0 Å². The van der Waals surface area contributed by atoms with Crippen molar-refractivity contribution in [2.75, 3.05) is 13.2 Å². The molecule has 2 nitrogen and oxygen atoms in total. The summed E-state index contributed by atoms with van der Waals surface area (Å²) in [5, 5.41) is 12.7. The summed E-state index contributed by atoms with van der Waals surface area (Å²) >= 11 is 6.04. The lowest BCUT2D eigenvalue weighted by Gasteiger charge is -2.14. The minimum atomic E-state index is 0.224. The average molecular weight is 214 g/mol. The van der Waals surface area contributed by atoms with Crippen LogP contribution in [0.5, 0.6) is 0 Å². The number of rotatable bonds is 5. The van der Waals surface area contributed by atoms with Gasteiger partial charge in [0.05, 0.1) is 0 Å². The van der Waals surface area contributed by atoms with E-state index < -0.39 is 0 Å². The topological polar surface area (TPSA) is 32.3 Å². The maximum absolute atomic E-state index is 8.64. The summed E-state index contributed by atoms with van der Waals surface area (Å²) < 4.78 is 0. The first-order valence-corrected chi connectivity index (χ1v) is 5.22. The van der Waals surface area contributed by atoms with Crippen molar-refractivity contribution in [1.82, 2.24) is 5.32 Å². The van der Waals surface area contributed by atoms with Crippen LogP contribution in [0.2, 0.25) is 5.02 Å². The first-order valence-electron chi connectivity index (χ1n) is 4.84. The fraction of sp³-hybridized carbons (Fsp3) is 0.455. The molecule has 3 heteroatoms. The molecule has 1 rings (SSSR count). The van der Waals surface area contributed by atoms with Crippen molar-refractivity contribution in [2.24, 2.45) is 0 Å². The van der Waals surface area contributed by atoms with Crippen LogP contribution in [0.25, 0.3) is 0 Å². The second-order valence-corrected chi connectivity index (χ2v) is 3.68. The van der Waals surface area contributed by atoms with Crippen molar-refractivity contribution >= 4 is 11.6 Å². The maximum Gasteiger partial charge on any atom is 0.0453 e. The van der Waals surface area contributed by atoms with Crippen LogP contribution in [0.15, 0.2) is 24.3 Å². The standard InChI is InChI=1S/C11H16ClNO/c1-9(13-7-4-8-14)10-5-2-3-6-11(10)12/h2-3,5-6,9,13-14H,4,7-8H2,1H3. The van der Waals surface area contributed by atoms with Gasteiger partial charge in [-0.1, -0.05) is 29.8 Å². The highest BCUT2D eigenvalue weighted by Gasteiger charge is 2.06. The average Bonchev–Trinajstić information content (AvgIpc) is 2.18. The number of halogens is 1. The third-order valence-electron chi connectivity index (χ3n) is 2.16. The quantitative estimate of drug-likeness (QED) is 0.737. The Kier molecular flexibility index (Phi) is 4.94. The fourth-order valence-electron chi connectivity index (χ4n) is 1.33. The molecule has 1 aromatic carbocycles. The lowest BCUT2D eigenvalue weighted by Crippen LogP contribution is -2.20. The van der Waals surface area contributed by atoms with Gasteiger partial charge in [-0.3, -0.25) is 0 Å². The zero-order valence-corrected chi connectivity index (χ0v) is 9.09. The molecule has 0 aliphatic rings. The van der Waals surface area contributed by atoms with Crippen LogP contribution in [-0.4, -0.2) is 18.3 Å². The van der Waals surface area contributed by atoms with Crippen molar-refractivity contribution in [3.63, 3.8) is 0 Å². The molecule has 0 bridgehead atoms. The van der Waals surface area contributed by atoms with Gasteiger partial charge in [0.15, 0.2) is 0 Å². The monoisotopic (exact) mass is 213 g/mol. The Balaban J connectivity index is 2.51. The van der Waals surface area contributed by atoms with Gasteiger partial charge in [-0.2, -0.15) is 0 Å². The van der Waals surface area contributed by atoms with Crippen LogP contribution in [-0.2, 0) is 0 Å². The Morgan fingerprint density at radius 3 is 2.79 bits per heavy atom. The molecule has 0 radical (unpaired) electrons.